The fraction of sp³-hybridized carbons (Fsp3) is 0.756. The van der Waals surface area contributed by atoms with Crippen molar-refractivity contribution in [2.24, 2.45) is 35.1 Å². The van der Waals surface area contributed by atoms with E-state index in [-0.39, 0.29) is 68.3 Å². The molecule has 4 N–H and O–H groups in total. The first kappa shape index (κ1) is 40.1. The standard InChI is InChI=1S/C41H64N6O8/c42-24-30-6-10-33(11-7-30)40(50)46-19-15-44(16-20-46)37(48)28-52-27-36-39(55-26-32-4-2-1-3-5-32)35(14-23-53-36)54-29-38(49)45-17-21-47(22-18-45)41(51)34-12-8-31(25-43)9-13-34/h1-5,30-31,33-36,39H,6-29,42-43H2/t30?,31?,33?,34?,35-,36-,39+/m1/s1/i23D/t23?,30?,31?,33?,34?,35-,36-,39+. The minimum absolute atomic E-state index is 0.00215. The van der Waals surface area contributed by atoms with E-state index in [9.17, 15) is 19.2 Å². The molecule has 0 aromatic heterocycles. The largest absolute Gasteiger partial charge is 0.373 e. The fourth-order valence-corrected chi connectivity index (χ4v) is 8.79. The maximum absolute atomic E-state index is 13.4. The lowest BCUT2D eigenvalue weighted by molar-refractivity contribution is -0.197. The van der Waals surface area contributed by atoms with Gasteiger partial charge in [0.25, 0.3) is 0 Å². The normalized spacial score (nSPS) is 30.8. The highest BCUT2D eigenvalue weighted by Gasteiger charge is 2.38. The summed E-state index contributed by atoms with van der Waals surface area (Å²) in [5, 5.41) is 0. The van der Waals surface area contributed by atoms with Gasteiger partial charge in [-0.3, -0.25) is 19.2 Å². The number of amides is 4. The molecular weight excluding hydrogens is 704 g/mol. The van der Waals surface area contributed by atoms with E-state index in [0.29, 0.717) is 77.3 Å². The quantitative estimate of drug-likeness (QED) is 0.284. The van der Waals surface area contributed by atoms with E-state index >= 15 is 0 Å². The molecule has 2 aliphatic carbocycles. The second-order valence-electron chi connectivity index (χ2n) is 16.0. The summed E-state index contributed by atoms with van der Waals surface area (Å²) in [4.78, 5) is 60.1. The van der Waals surface area contributed by atoms with Gasteiger partial charge in [-0.2, -0.15) is 0 Å². The SMILES string of the molecule is [2H]C1C[C@@H](OCC(=O)N2CCN(C(=O)C3CCC(CN)CC3)CC2)[C@H](OCc2ccccc2)[C@@H](COCC(=O)N2CCN(C(=O)C3CCC(CN)CC3)CC2)O1. The van der Waals surface area contributed by atoms with E-state index in [4.69, 9.17) is 31.8 Å². The molecule has 0 bridgehead atoms. The van der Waals surface area contributed by atoms with Gasteiger partial charge >= 0.3 is 0 Å². The molecule has 6 rings (SSSR count). The zero-order valence-corrected chi connectivity index (χ0v) is 32.5. The van der Waals surface area contributed by atoms with E-state index < -0.39 is 24.9 Å². The van der Waals surface area contributed by atoms with Crippen LogP contribution in [-0.4, -0.2) is 153 Å². The summed E-state index contributed by atoms with van der Waals surface area (Å²) in [7, 11) is 0. The number of carbonyl (C=O) groups is 4. The van der Waals surface area contributed by atoms with E-state index in [1.807, 2.05) is 40.1 Å². The zero-order chi connectivity index (χ0) is 39.4. The van der Waals surface area contributed by atoms with Crippen LogP contribution in [0, 0.1) is 23.7 Å². The molecule has 4 amide bonds. The molecule has 306 valence electrons. The molecule has 0 radical (unpaired) electrons. The summed E-state index contributed by atoms with van der Waals surface area (Å²) in [6.07, 6.45) is 5.72. The van der Waals surface area contributed by atoms with Gasteiger partial charge in [0.15, 0.2) is 0 Å². The molecule has 4 atom stereocenters. The van der Waals surface area contributed by atoms with Gasteiger partial charge in [0.1, 0.15) is 25.4 Å². The lowest BCUT2D eigenvalue weighted by Crippen LogP contribution is -2.54. The fourth-order valence-electron chi connectivity index (χ4n) is 8.79. The lowest BCUT2D eigenvalue weighted by Gasteiger charge is -2.39. The second-order valence-corrected chi connectivity index (χ2v) is 16.0. The van der Waals surface area contributed by atoms with Crippen molar-refractivity contribution in [2.75, 3.05) is 91.9 Å². The Morgan fingerprint density at radius 3 is 1.65 bits per heavy atom. The van der Waals surface area contributed by atoms with E-state index in [2.05, 4.69) is 0 Å². The number of rotatable bonds is 14. The van der Waals surface area contributed by atoms with E-state index in [0.717, 1.165) is 56.9 Å². The first-order chi connectivity index (χ1) is 27.2. The van der Waals surface area contributed by atoms with Crippen LogP contribution in [0.5, 0.6) is 0 Å². The monoisotopic (exact) mass is 769 g/mol. The number of ether oxygens (including phenoxy) is 4. The summed E-state index contributed by atoms with van der Waals surface area (Å²) >= 11 is 0. The third-order valence-corrected chi connectivity index (χ3v) is 12.5. The van der Waals surface area contributed by atoms with Crippen LogP contribution in [0.1, 0.15) is 64.7 Å². The van der Waals surface area contributed by atoms with Crippen LogP contribution in [0.3, 0.4) is 0 Å². The average Bonchev–Trinajstić information content (AvgIpc) is 3.25. The van der Waals surface area contributed by atoms with Crippen molar-refractivity contribution in [3.8, 4) is 0 Å². The van der Waals surface area contributed by atoms with Gasteiger partial charge in [0, 0.05) is 70.8 Å². The third kappa shape index (κ3) is 11.5. The highest BCUT2D eigenvalue weighted by atomic mass is 16.6. The van der Waals surface area contributed by atoms with Crippen LogP contribution in [0.2, 0.25) is 0 Å². The Labute approximate surface area is 327 Å². The molecule has 3 saturated heterocycles. The molecule has 5 fully saturated rings. The first-order valence-electron chi connectivity index (χ1n) is 21.3. The molecule has 14 heteroatoms. The van der Waals surface area contributed by atoms with Crippen LogP contribution in [0.4, 0.5) is 0 Å². The first-order valence-corrected chi connectivity index (χ1v) is 20.7. The Balaban J connectivity index is 0.965. The summed E-state index contributed by atoms with van der Waals surface area (Å²) in [5.74, 6) is 1.16. The maximum atomic E-state index is 13.4. The Morgan fingerprint density at radius 2 is 1.15 bits per heavy atom. The predicted molar refractivity (Wildman–Crippen MR) is 205 cm³/mol. The van der Waals surface area contributed by atoms with Gasteiger partial charge in [-0.15, -0.1) is 0 Å². The van der Waals surface area contributed by atoms with Crippen LogP contribution in [-0.2, 0) is 44.7 Å². The number of carbonyl (C=O) groups excluding carboxylic acids is 4. The molecule has 1 unspecified atom stereocenters. The third-order valence-electron chi connectivity index (χ3n) is 12.5. The number of nitrogens with zero attached hydrogens (tertiary/aromatic N) is 4. The summed E-state index contributed by atoms with van der Waals surface area (Å²) in [6.45, 7) is 4.15. The van der Waals surface area contributed by atoms with Crippen LogP contribution in [0.15, 0.2) is 30.3 Å². The number of piperazine rings is 2. The molecule has 1 aromatic rings. The Morgan fingerprint density at radius 1 is 0.655 bits per heavy atom. The van der Waals surface area contributed by atoms with E-state index in [1.165, 1.54) is 0 Å². The molecule has 14 nitrogen and oxygen atoms in total. The predicted octanol–water partition coefficient (Wildman–Crippen LogP) is 1.63. The summed E-state index contributed by atoms with van der Waals surface area (Å²) < 4.78 is 33.0. The van der Waals surface area contributed by atoms with Crippen LogP contribution in [0.25, 0.3) is 0 Å². The van der Waals surface area contributed by atoms with Crippen molar-refractivity contribution >= 4 is 23.6 Å². The average molecular weight is 770 g/mol. The molecule has 5 aliphatic rings. The minimum atomic E-state index is -0.929. The molecule has 55 heavy (non-hydrogen) atoms. The van der Waals surface area contributed by atoms with Gasteiger partial charge in [0.2, 0.25) is 23.6 Å². The Kier molecular flexibility index (Phi) is 15.2. The second kappa shape index (κ2) is 20.9. The summed E-state index contributed by atoms with van der Waals surface area (Å²) in [6, 6.07) is 9.69. The van der Waals surface area contributed by atoms with Gasteiger partial charge in [-0.1, -0.05) is 30.3 Å². The molecule has 2 saturated carbocycles. The molecular formula is C41H64N6O8. The molecule has 0 spiro atoms. The van der Waals surface area contributed by atoms with Crippen molar-refractivity contribution < 1.29 is 39.5 Å². The van der Waals surface area contributed by atoms with Crippen LogP contribution >= 0.6 is 0 Å². The van der Waals surface area contributed by atoms with E-state index in [1.54, 1.807) is 9.80 Å². The molecule has 3 heterocycles. The van der Waals surface area contributed by atoms with Crippen LogP contribution < -0.4 is 11.5 Å². The Bertz CT molecular complexity index is 1410. The number of hydrogen-bond acceptors (Lipinski definition) is 10. The van der Waals surface area contributed by atoms with Crippen molar-refractivity contribution in [3.05, 3.63) is 35.9 Å². The van der Waals surface area contributed by atoms with Crippen molar-refractivity contribution in [1.82, 2.24) is 19.6 Å². The maximum Gasteiger partial charge on any atom is 0.248 e. The molecule has 3 aliphatic heterocycles. The van der Waals surface area contributed by atoms with Gasteiger partial charge < -0.3 is 50.0 Å². The van der Waals surface area contributed by atoms with Crippen molar-refractivity contribution in [3.63, 3.8) is 0 Å². The smallest absolute Gasteiger partial charge is 0.248 e. The number of benzene rings is 1. The van der Waals surface area contributed by atoms with Gasteiger partial charge in [-0.25, -0.2) is 0 Å². The zero-order valence-electron chi connectivity index (χ0n) is 33.5. The molecule has 1 aromatic carbocycles. The topological polar surface area (TPSA) is 170 Å². The number of nitrogens with two attached hydrogens (primary N) is 2. The van der Waals surface area contributed by atoms with Crippen molar-refractivity contribution in [2.45, 2.75) is 82.7 Å². The minimum Gasteiger partial charge on any atom is -0.373 e. The van der Waals surface area contributed by atoms with Gasteiger partial charge in [0.05, 0.1) is 20.7 Å². The Hall–Kier alpha value is -3.14. The van der Waals surface area contributed by atoms with Gasteiger partial charge in [-0.05, 0) is 88.3 Å². The summed E-state index contributed by atoms with van der Waals surface area (Å²) in [5.41, 5.74) is 12.6. The number of hydrogen-bond donors (Lipinski definition) is 2. The highest BCUT2D eigenvalue weighted by molar-refractivity contribution is 5.81. The lowest BCUT2D eigenvalue weighted by atomic mass is 9.81. The highest BCUT2D eigenvalue weighted by Crippen LogP contribution is 2.31. The van der Waals surface area contributed by atoms with Crippen molar-refractivity contribution in [1.29, 1.82) is 0 Å².